The summed E-state index contributed by atoms with van der Waals surface area (Å²) in [5.41, 5.74) is 9.80. The highest BCUT2D eigenvalue weighted by atomic mass is 14.0. The Balaban J connectivity index is 4.45. The maximum atomic E-state index is 2.45. The van der Waals surface area contributed by atoms with Crippen molar-refractivity contribution >= 4 is 0 Å². The molecule has 0 amide bonds. The summed E-state index contributed by atoms with van der Waals surface area (Å²) in [6.07, 6.45) is 39.6. The van der Waals surface area contributed by atoms with Gasteiger partial charge in [-0.3, -0.25) is 0 Å². The van der Waals surface area contributed by atoms with Crippen molar-refractivity contribution in [3.05, 3.63) is 118 Å². The fraction of sp³-hybridized carbons (Fsp3) is 0.500. The van der Waals surface area contributed by atoms with E-state index in [1.54, 1.807) is 5.57 Å². The van der Waals surface area contributed by atoms with Crippen LogP contribution >= 0.6 is 0 Å². The maximum Gasteiger partial charge on any atom is -0.0285 e. The largest absolute Gasteiger partial charge is 0.0856 e. The molecule has 0 heteroatoms. The van der Waals surface area contributed by atoms with Crippen LogP contribution < -0.4 is 0 Å². The SMILES string of the molecule is CC(C)=CCCC(C)=CC=CC(C)=CC=CC(C)=CC=CC=C(C)CCC=C(C)CCC=C(C)CCCC(C)C. The Morgan fingerprint density at radius 3 is 1.45 bits per heavy atom. The van der Waals surface area contributed by atoms with Crippen LogP contribution in [0.5, 0.6) is 0 Å². The molecule has 0 aliphatic heterocycles. The molecule has 0 nitrogen and oxygen atoms in total. The molecule has 0 aromatic carbocycles. The van der Waals surface area contributed by atoms with Crippen LogP contribution in [0.3, 0.4) is 0 Å². The zero-order valence-electron chi connectivity index (χ0n) is 27.9. The van der Waals surface area contributed by atoms with Crippen molar-refractivity contribution in [2.24, 2.45) is 5.92 Å². The van der Waals surface area contributed by atoms with Gasteiger partial charge in [-0.25, -0.2) is 0 Å². The third-order valence-corrected chi connectivity index (χ3v) is 6.82. The molecule has 0 spiro atoms. The van der Waals surface area contributed by atoms with E-state index in [1.807, 2.05) is 0 Å². The van der Waals surface area contributed by atoms with E-state index in [2.05, 4.69) is 148 Å². The zero-order chi connectivity index (χ0) is 30.2. The smallest absolute Gasteiger partial charge is 0.0285 e. The quantitative estimate of drug-likeness (QED) is 0.112. The number of allylic oxidation sites excluding steroid dienone is 20. The third kappa shape index (κ3) is 25.7. The molecule has 0 heterocycles. The molecule has 40 heavy (non-hydrogen) atoms. The van der Waals surface area contributed by atoms with Gasteiger partial charge in [0, 0.05) is 0 Å². The van der Waals surface area contributed by atoms with E-state index in [0.29, 0.717) is 0 Å². The predicted octanol–water partition coefficient (Wildman–Crippen LogP) is 13.5. The first-order chi connectivity index (χ1) is 19.0. The second kappa shape index (κ2) is 24.2. The van der Waals surface area contributed by atoms with Crippen molar-refractivity contribution in [1.29, 1.82) is 0 Å². The van der Waals surface area contributed by atoms with Gasteiger partial charge in [0.1, 0.15) is 0 Å². The Morgan fingerprint density at radius 1 is 0.475 bits per heavy atom. The topological polar surface area (TPSA) is 0 Å². The molecule has 0 saturated carbocycles. The van der Waals surface area contributed by atoms with E-state index in [0.717, 1.165) is 31.6 Å². The molecular weight excluding hydrogens is 480 g/mol. The van der Waals surface area contributed by atoms with E-state index < -0.39 is 0 Å². The fourth-order valence-corrected chi connectivity index (χ4v) is 4.10. The van der Waals surface area contributed by atoms with Crippen LogP contribution in [-0.4, -0.2) is 0 Å². The summed E-state index contributed by atoms with van der Waals surface area (Å²) in [6, 6.07) is 0. The average Bonchev–Trinajstić information content (AvgIpc) is 2.86. The molecule has 0 aliphatic carbocycles. The van der Waals surface area contributed by atoms with Gasteiger partial charge in [0.15, 0.2) is 0 Å². The lowest BCUT2D eigenvalue weighted by Gasteiger charge is -2.05. The van der Waals surface area contributed by atoms with Gasteiger partial charge in [0.05, 0.1) is 0 Å². The third-order valence-electron chi connectivity index (χ3n) is 6.82. The number of rotatable bonds is 19. The molecule has 0 aromatic rings. The van der Waals surface area contributed by atoms with Gasteiger partial charge < -0.3 is 0 Å². The monoisotopic (exact) mass is 542 g/mol. The minimum absolute atomic E-state index is 0.819. The summed E-state index contributed by atoms with van der Waals surface area (Å²) in [7, 11) is 0. The summed E-state index contributed by atoms with van der Waals surface area (Å²) in [5, 5.41) is 0. The van der Waals surface area contributed by atoms with Crippen LogP contribution in [0, 0.1) is 5.92 Å². The van der Waals surface area contributed by atoms with Crippen LogP contribution in [0.25, 0.3) is 0 Å². The van der Waals surface area contributed by atoms with E-state index in [4.69, 9.17) is 0 Å². The van der Waals surface area contributed by atoms with Crippen LogP contribution in [-0.2, 0) is 0 Å². The lowest BCUT2D eigenvalue weighted by Crippen LogP contribution is -1.88. The lowest BCUT2D eigenvalue weighted by molar-refractivity contribution is 0.554. The van der Waals surface area contributed by atoms with Gasteiger partial charge in [0.25, 0.3) is 0 Å². The van der Waals surface area contributed by atoms with E-state index >= 15 is 0 Å². The van der Waals surface area contributed by atoms with Gasteiger partial charge in [-0.2, -0.15) is 0 Å². The standard InChI is InChI=1S/C40H62/c1-33(2)19-13-23-37(7)27-17-31-39(9)29-15-25-35(5)21-11-12-22-36(6)26-16-30-40(10)32-18-28-38(8)24-14-20-34(3)4/h11-12,15,17,19,21-22,25,27-31,34H,13-14,16,18,20,23-24,26,32H2,1-10H3. The molecule has 0 saturated heterocycles. The average molecular weight is 543 g/mol. The van der Waals surface area contributed by atoms with E-state index in [1.165, 1.54) is 65.5 Å². The minimum atomic E-state index is 0.819. The normalized spacial score (nSPS) is 15.0. The number of hydrogen-bond donors (Lipinski definition) is 0. The Kier molecular flexibility index (Phi) is 22.6. The first-order valence-corrected chi connectivity index (χ1v) is 15.6. The minimum Gasteiger partial charge on any atom is -0.0856 e. The fourth-order valence-electron chi connectivity index (χ4n) is 4.10. The molecule has 0 fully saturated rings. The first kappa shape index (κ1) is 37.4. The van der Waals surface area contributed by atoms with Crippen molar-refractivity contribution in [2.75, 3.05) is 0 Å². The van der Waals surface area contributed by atoms with Crippen LogP contribution in [0.2, 0.25) is 0 Å². The summed E-state index contributed by atoms with van der Waals surface area (Å²) in [4.78, 5) is 0. The molecule has 0 N–H and O–H groups in total. The molecular formula is C40H62. The summed E-state index contributed by atoms with van der Waals surface area (Å²) >= 11 is 0. The van der Waals surface area contributed by atoms with Crippen LogP contribution in [0.1, 0.15) is 127 Å². The molecule has 0 atom stereocenters. The van der Waals surface area contributed by atoms with Crippen molar-refractivity contribution < 1.29 is 0 Å². The van der Waals surface area contributed by atoms with Gasteiger partial charge in [-0.15, -0.1) is 0 Å². The first-order valence-electron chi connectivity index (χ1n) is 15.6. The van der Waals surface area contributed by atoms with E-state index in [-0.39, 0.29) is 0 Å². The van der Waals surface area contributed by atoms with Crippen molar-refractivity contribution in [3.63, 3.8) is 0 Å². The molecule has 0 aromatic heterocycles. The summed E-state index contributed by atoms with van der Waals surface area (Å²) < 4.78 is 0. The van der Waals surface area contributed by atoms with Gasteiger partial charge in [0.2, 0.25) is 0 Å². The Hall–Kier alpha value is -2.60. The van der Waals surface area contributed by atoms with Gasteiger partial charge in [-0.1, -0.05) is 138 Å². The molecule has 222 valence electrons. The highest BCUT2D eigenvalue weighted by molar-refractivity contribution is 5.30. The Bertz CT molecular complexity index is 998. The molecule has 0 unspecified atom stereocenters. The second-order valence-corrected chi connectivity index (χ2v) is 12.2. The summed E-state index contributed by atoms with van der Waals surface area (Å²) in [6.45, 7) is 22.2. The van der Waals surface area contributed by atoms with E-state index in [9.17, 15) is 0 Å². The molecule has 0 bridgehead atoms. The summed E-state index contributed by atoms with van der Waals surface area (Å²) in [5.74, 6) is 0.819. The maximum absolute atomic E-state index is 2.45. The predicted molar refractivity (Wildman–Crippen MR) is 186 cm³/mol. The highest BCUT2D eigenvalue weighted by Gasteiger charge is 1.96. The number of hydrogen-bond acceptors (Lipinski definition) is 0. The molecule has 0 aliphatic rings. The Morgan fingerprint density at radius 2 is 0.900 bits per heavy atom. The second-order valence-electron chi connectivity index (χ2n) is 12.2. The zero-order valence-corrected chi connectivity index (χ0v) is 27.9. The van der Waals surface area contributed by atoms with Crippen LogP contribution in [0.15, 0.2) is 118 Å². The van der Waals surface area contributed by atoms with Crippen LogP contribution in [0.4, 0.5) is 0 Å². The van der Waals surface area contributed by atoms with Gasteiger partial charge in [-0.05, 0) is 113 Å². The van der Waals surface area contributed by atoms with Crippen molar-refractivity contribution in [2.45, 2.75) is 127 Å². The lowest BCUT2D eigenvalue weighted by atomic mass is 10.0. The van der Waals surface area contributed by atoms with Crippen molar-refractivity contribution in [1.82, 2.24) is 0 Å². The molecule has 0 rings (SSSR count). The van der Waals surface area contributed by atoms with Gasteiger partial charge >= 0.3 is 0 Å². The Labute approximate surface area is 250 Å². The highest BCUT2D eigenvalue weighted by Crippen LogP contribution is 2.15. The van der Waals surface area contributed by atoms with Crippen molar-refractivity contribution in [3.8, 4) is 0 Å². The molecule has 0 radical (unpaired) electrons.